The fraction of sp³-hybridized carbons (Fsp3) is 0.0625. The smallest absolute Gasteiger partial charge is 0.418 e. The van der Waals surface area contributed by atoms with Crippen LogP contribution in [-0.2, 0) is 0 Å². The summed E-state index contributed by atoms with van der Waals surface area (Å²) in [5, 5.41) is 9.95. The van der Waals surface area contributed by atoms with Crippen molar-refractivity contribution in [3.8, 4) is 0 Å². The SMILES string of the molecule is Cc1c(N(C(=O)O)c2ccc3ccc(F)cc3n2)ncc(F)c1Cl. The van der Waals surface area contributed by atoms with E-state index in [0.29, 0.717) is 5.39 Å². The molecule has 0 atom stereocenters. The van der Waals surface area contributed by atoms with Gasteiger partial charge in [0.15, 0.2) is 5.82 Å². The summed E-state index contributed by atoms with van der Waals surface area (Å²) in [6, 6.07) is 7.06. The van der Waals surface area contributed by atoms with Crippen molar-refractivity contribution in [2.45, 2.75) is 6.92 Å². The topological polar surface area (TPSA) is 66.3 Å². The van der Waals surface area contributed by atoms with E-state index in [1.165, 1.54) is 31.2 Å². The van der Waals surface area contributed by atoms with Crippen molar-refractivity contribution in [3.63, 3.8) is 0 Å². The lowest BCUT2D eigenvalue weighted by molar-refractivity contribution is 0.204. The first-order valence-corrected chi connectivity index (χ1v) is 7.16. The van der Waals surface area contributed by atoms with E-state index in [2.05, 4.69) is 9.97 Å². The van der Waals surface area contributed by atoms with Gasteiger partial charge in [0.25, 0.3) is 0 Å². The summed E-state index contributed by atoms with van der Waals surface area (Å²) in [6.07, 6.45) is -0.544. The number of rotatable bonds is 2. The number of nitrogens with zero attached hydrogens (tertiary/aromatic N) is 3. The van der Waals surface area contributed by atoms with Gasteiger partial charge in [-0.25, -0.2) is 28.4 Å². The Kier molecular flexibility index (Phi) is 4.02. The molecule has 1 aromatic carbocycles. The van der Waals surface area contributed by atoms with Crippen LogP contribution in [0.2, 0.25) is 5.02 Å². The van der Waals surface area contributed by atoms with Gasteiger partial charge in [-0.1, -0.05) is 11.6 Å². The molecular weight excluding hydrogens is 340 g/mol. The number of halogens is 3. The van der Waals surface area contributed by atoms with Crippen LogP contribution < -0.4 is 4.90 Å². The number of benzene rings is 1. The molecule has 8 heteroatoms. The molecule has 2 aromatic heterocycles. The molecule has 0 spiro atoms. The molecule has 0 saturated heterocycles. The van der Waals surface area contributed by atoms with Gasteiger partial charge in [0.2, 0.25) is 0 Å². The van der Waals surface area contributed by atoms with Crippen LogP contribution in [-0.4, -0.2) is 21.2 Å². The summed E-state index contributed by atoms with van der Waals surface area (Å²) in [5.41, 5.74) is 0.435. The zero-order valence-electron chi connectivity index (χ0n) is 12.3. The molecule has 0 unspecified atom stereocenters. The van der Waals surface area contributed by atoms with Crippen molar-refractivity contribution in [3.05, 3.63) is 58.7 Å². The van der Waals surface area contributed by atoms with Crippen LogP contribution in [0.15, 0.2) is 36.5 Å². The van der Waals surface area contributed by atoms with E-state index in [1.54, 1.807) is 6.07 Å². The van der Waals surface area contributed by atoms with E-state index in [4.69, 9.17) is 11.6 Å². The molecule has 0 saturated carbocycles. The van der Waals surface area contributed by atoms with Crippen molar-refractivity contribution >= 4 is 40.2 Å². The van der Waals surface area contributed by atoms with Crippen molar-refractivity contribution in [1.29, 1.82) is 0 Å². The Balaban J connectivity index is 2.19. The minimum Gasteiger partial charge on any atom is -0.464 e. The van der Waals surface area contributed by atoms with Gasteiger partial charge in [-0.2, -0.15) is 0 Å². The van der Waals surface area contributed by atoms with Crippen LogP contribution in [0, 0.1) is 18.6 Å². The molecule has 24 heavy (non-hydrogen) atoms. The molecule has 2 heterocycles. The average molecular weight is 350 g/mol. The Bertz CT molecular complexity index is 965. The molecule has 3 aromatic rings. The summed E-state index contributed by atoms with van der Waals surface area (Å²) in [5.74, 6) is -1.32. The number of fused-ring (bicyclic) bond motifs is 1. The van der Waals surface area contributed by atoms with Gasteiger partial charge in [0.1, 0.15) is 17.5 Å². The highest BCUT2D eigenvalue weighted by Crippen LogP contribution is 2.31. The summed E-state index contributed by atoms with van der Waals surface area (Å²) in [6.45, 7) is 1.45. The van der Waals surface area contributed by atoms with Gasteiger partial charge in [-0.05, 0) is 31.2 Å². The lowest BCUT2D eigenvalue weighted by Crippen LogP contribution is -2.26. The van der Waals surface area contributed by atoms with Crippen LogP contribution in [0.5, 0.6) is 0 Å². The average Bonchev–Trinajstić information content (AvgIpc) is 2.54. The molecule has 3 rings (SSSR count). The van der Waals surface area contributed by atoms with Crippen LogP contribution in [0.4, 0.5) is 25.2 Å². The molecule has 0 radical (unpaired) electrons. The first kappa shape index (κ1) is 16.1. The fourth-order valence-electron chi connectivity index (χ4n) is 2.28. The zero-order chi connectivity index (χ0) is 17.4. The van der Waals surface area contributed by atoms with Crippen LogP contribution in [0.3, 0.4) is 0 Å². The second-order valence-electron chi connectivity index (χ2n) is 4.99. The van der Waals surface area contributed by atoms with Crippen molar-refractivity contribution in [2.24, 2.45) is 0 Å². The Labute approximate surface area is 140 Å². The van der Waals surface area contributed by atoms with Gasteiger partial charge in [-0.3, -0.25) is 0 Å². The van der Waals surface area contributed by atoms with E-state index in [-0.39, 0.29) is 27.7 Å². The minimum absolute atomic E-state index is 0.00104. The monoisotopic (exact) mass is 349 g/mol. The lowest BCUT2D eigenvalue weighted by atomic mass is 10.2. The van der Waals surface area contributed by atoms with Gasteiger partial charge in [0, 0.05) is 17.0 Å². The summed E-state index contributed by atoms with van der Waals surface area (Å²) >= 11 is 5.83. The Hall–Kier alpha value is -2.80. The van der Waals surface area contributed by atoms with E-state index in [9.17, 15) is 18.7 Å². The number of hydrogen-bond donors (Lipinski definition) is 1. The first-order valence-electron chi connectivity index (χ1n) is 6.78. The number of hydrogen-bond acceptors (Lipinski definition) is 3. The largest absolute Gasteiger partial charge is 0.464 e. The number of pyridine rings is 2. The molecular formula is C16H10ClF2N3O2. The van der Waals surface area contributed by atoms with Crippen LogP contribution in [0.1, 0.15) is 5.56 Å². The van der Waals surface area contributed by atoms with Gasteiger partial charge in [0.05, 0.1) is 16.7 Å². The predicted molar refractivity (Wildman–Crippen MR) is 85.8 cm³/mol. The maximum atomic E-state index is 13.5. The summed E-state index contributed by atoms with van der Waals surface area (Å²) in [7, 11) is 0. The third kappa shape index (κ3) is 2.74. The van der Waals surface area contributed by atoms with Gasteiger partial charge >= 0.3 is 6.09 Å². The van der Waals surface area contributed by atoms with Gasteiger partial charge < -0.3 is 5.11 Å². The Morgan fingerprint density at radius 1 is 1.25 bits per heavy atom. The molecule has 0 aliphatic rings. The number of carbonyl (C=O) groups is 1. The highest BCUT2D eigenvalue weighted by Gasteiger charge is 2.24. The molecule has 0 aliphatic carbocycles. The summed E-state index contributed by atoms with van der Waals surface area (Å²) in [4.78, 5) is 20.4. The number of carboxylic acid groups (broad SMARTS) is 1. The van der Waals surface area contributed by atoms with Crippen LogP contribution >= 0.6 is 11.6 Å². The van der Waals surface area contributed by atoms with Gasteiger partial charge in [-0.15, -0.1) is 0 Å². The number of aromatic nitrogens is 2. The molecule has 0 bridgehead atoms. The highest BCUT2D eigenvalue weighted by atomic mass is 35.5. The molecule has 5 nitrogen and oxygen atoms in total. The first-order chi connectivity index (χ1) is 11.4. The molecule has 122 valence electrons. The third-order valence-corrected chi connectivity index (χ3v) is 3.91. The van der Waals surface area contributed by atoms with Crippen molar-refractivity contribution < 1.29 is 18.7 Å². The quantitative estimate of drug-likeness (QED) is 0.729. The van der Waals surface area contributed by atoms with E-state index in [1.807, 2.05) is 0 Å². The fourth-order valence-corrected chi connectivity index (χ4v) is 2.41. The molecule has 0 aliphatic heterocycles. The Morgan fingerprint density at radius 2 is 1.96 bits per heavy atom. The Morgan fingerprint density at radius 3 is 2.67 bits per heavy atom. The molecule has 1 amide bonds. The summed E-state index contributed by atoms with van der Waals surface area (Å²) < 4.78 is 26.8. The molecule has 0 fully saturated rings. The van der Waals surface area contributed by atoms with Crippen molar-refractivity contribution in [1.82, 2.24) is 9.97 Å². The second kappa shape index (κ2) is 6.01. The third-order valence-electron chi connectivity index (χ3n) is 3.45. The standard InChI is InChI=1S/C16H10ClF2N3O2/c1-8-14(17)11(19)7-20-15(8)22(16(23)24)13-5-3-9-2-4-10(18)6-12(9)21-13/h2-7H,1H3,(H,23,24). The highest BCUT2D eigenvalue weighted by molar-refractivity contribution is 6.31. The normalized spacial score (nSPS) is 10.8. The van der Waals surface area contributed by atoms with E-state index >= 15 is 0 Å². The maximum Gasteiger partial charge on any atom is 0.418 e. The van der Waals surface area contributed by atoms with E-state index in [0.717, 1.165) is 11.1 Å². The zero-order valence-corrected chi connectivity index (χ0v) is 13.1. The number of anilines is 2. The van der Waals surface area contributed by atoms with Crippen molar-refractivity contribution in [2.75, 3.05) is 4.90 Å². The van der Waals surface area contributed by atoms with E-state index < -0.39 is 17.7 Å². The lowest BCUT2D eigenvalue weighted by Gasteiger charge is -2.20. The predicted octanol–water partition coefficient (Wildman–Crippen LogP) is 4.69. The maximum absolute atomic E-state index is 13.5. The minimum atomic E-state index is -1.38. The number of amides is 1. The van der Waals surface area contributed by atoms with Crippen LogP contribution in [0.25, 0.3) is 10.9 Å². The molecule has 1 N–H and O–H groups in total. The second-order valence-corrected chi connectivity index (χ2v) is 5.37.